The maximum atomic E-state index is 12.9. The van der Waals surface area contributed by atoms with Gasteiger partial charge in [-0.05, 0) is 27.9 Å². The van der Waals surface area contributed by atoms with Crippen LogP contribution >= 0.6 is 15.9 Å². The normalized spacial score (nSPS) is 13.6. The average molecular weight is 355 g/mol. The third-order valence-corrected chi connectivity index (χ3v) is 3.66. The van der Waals surface area contributed by atoms with Crippen molar-refractivity contribution in [3.05, 3.63) is 22.3 Å². The van der Waals surface area contributed by atoms with E-state index in [2.05, 4.69) is 26.2 Å². The molecule has 7 heteroatoms. The summed E-state index contributed by atoms with van der Waals surface area (Å²) < 4.78 is 38.9. The average Bonchev–Trinajstić information content (AvgIpc) is 2.37. The second kappa shape index (κ2) is 7.26. The van der Waals surface area contributed by atoms with Gasteiger partial charge in [-0.2, -0.15) is 13.2 Å². The van der Waals surface area contributed by atoms with E-state index in [0.717, 1.165) is 18.9 Å². The van der Waals surface area contributed by atoms with Gasteiger partial charge >= 0.3 is 6.18 Å². The van der Waals surface area contributed by atoms with Crippen molar-refractivity contribution in [3.8, 4) is 0 Å². The molecule has 0 saturated heterocycles. The Morgan fingerprint density at radius 2 is 1.95 bits per heavy atom. The minimum Gasteiger partial charge on any atom is -0.391 e. The van der Waals surface area contributed by atoms with Crippen LogP contribution in [-0.2, 0) is 6.18 Å². The van der Waals surface area contributed by atoms with Crippen LogP contribution in [0.1, 0.15) is 32.3 Å². The van der Waals surface area contributed by atoms with Crippen molar-refractivity contribution in [3.63, 3.8) is 0 Å². The molecule has 0 bridgehead atoms. The molecule has 0 fully saturated rings. The molecule has 2 N–H and O–H groups in total. The van der Waals surface area contributed by atoms with Crippen LogP contribution in [0, 0.1) is 5.92 Å². The van der Waals surface area contributed by atoms with Gasteiger partial charge in [0.15, 0.2) is 0 Å². The zero-order chi connectivity index (χ0) is 15.3. The van der Waals surface area contributed by atoms with Crippen LogP contribution in [-0.4, -0.2) is 22.7 Å². The number of pyridine rings is 1. The van der Waals surface area contributed by atoms with Crippen LogP contribution in [0.4, 0.5) is 19.0 Å². The van der Waals surface area contributed by atoms with E-state index in [4.69, 9.17) is 0 Å². The van der Waals surface area contributed by atoms with Gasteiger partial charge in [-0.15, -0.1) is 0 Å². The molecule has 0 radical (unpaired) electrons. The Bertz CT molecular complexity index is 436. The lowest BCUT2D eigenvalue weighted by Gasteiger charge is -2.21. The van der Waals surface area contributed by atoms with Gasteiger partial charge in [-0.1, -0.05) is 26.7 Å². The highest BCUT2D eigenvalue weighted by molar-refractivity contribution is 9.10. The van der Waals surface area contributed by atoms with E-state index < -0.39 is 17.8 Å². The Hall–Kier alpha value is -0.820. The molecule has 1 unspecified atom stereocenters. The van der Waals surface area contributed by atoms with E-state index in [-0.39, 0.29) is 22.8 Å². The molecule has 1 aromatic heterocycles. The molecule has 1 atom stereocenters. The predicted molar refractivity (Wildman–Crippen MR) is 75.5 cm³/mol. The van der Waals surface area contributed by atoms with Crippen molar-refractivity contribution >= 4 is 21.7 Å². The molecule has 0 aliphatic heterocycles. The Morgan fingerprint density at radius 1 is 1.35 bits per heavy atom. The van der Waals surface area contributed by atoms with Gasteiger partial charge in [0.1, 0.15) is 5.82 Å². The Balaban J connectivity index is 2.83. The lowest BCUT2D eigenvalue weighted by atomic mass is 9.96. The number of hydrogen-bond donors (Lipinski definition) is 2. The van der Waals surface area contributed by atoms with E-state index in [0.29, 0.717) is 0 Å². The summed E-state index contributed by atoms with van der Waals surface area (Å²) in [5.41, 5.74) is -0.844. The second-order valence-corrected chi connectivity index (χ2v) is 5.49. The number of hydrogen-bond acceptors (Lipinski definition) is 3. The third kappa shape index (κ3) is 4.63. The van der Waals surface area contributed by atoms with Crippen molar-refractivity contribution in [2.75, 3.05) is 11.9 Å². The van der Waals surface area contributed by atoms with Crippen molar-refractivity contribution in [2.24, 2.45) is 5.92 Å². The molecule has 1 aromatic rings. The monoisotopic (exact) mass is 354 g/mol. The SMILES string of the molecule is CCC(CC)C(O)CNc1ncc(Br)cc1C(F)(F)F. The van der Waals surface area contributed by atoms with Crippen LogP contribution in [0.5, 0.6) is 0 Å². The molecule has 0 spiro atoms. The first-order valence-corrected chi connectivity index (χ1v) is 7.23. The van der Waals surface area contributed by atoms with E-state index in [1.807, 2.05) is 13.8 Å². The van der Waals surface area contributed by atoms with Crippen LogP contribution in [0.25, 0.3) is 0 Å². The first kappa shape index (κ1) is 17.2. The summed E-state index contributed by atoms with van der Waals surface area (Å²) in [7, 11) is 0. The summed E-state index contributed by atoms with van der Waals surface area (Å²) in [5.74, 6) is -0.196. The number of nitrogens with zero attached hydrogens (tertiary/aromatic N) is 1. The zero-order valence-corrected chi connectivity index (χ0v) is 12.9. The Kier molecular flexibility index (Phi) is 6.26. The van der Waals surface area contributed by atoms with E-state index in [9.17, 15) is 18.3 Å². The van der Waals surface area contributed by atoms with E-state index in [1.165, 1.54) is 6.20 Å². The molecule has 0 aliphatic carbocycles. The summed E-state index contributed by atoms with van der Waals surface area (Å²) in [6.07, 6.45) is -2.34. The number of aromatic nitrogens is 1. The topological polar surface area (TPSA) is 45.1 Å². The third-order valence-electron chi connectivity index (χ3n) is 3.23. The van der Waals surface area contributed by atoms with Gasteiger partial charge in [-0.25, -0.2) is 4.98 Å². The number of rotatable bonds is 6. The van der Waals surface area contributed by atoms with Crippen LogP contribution in [0.15, 0.2) is 16.7 Å². The number of anilines is 1. The molecule has 0 aliphatic rings. The first-order chi connectivity index (χ1) is 9.29. The van der Waals surface area contributed by atoms with Gasteiger partial charge in [0, 0.05) is 17.2 Å². The number of aliphatic hydroxyl groups excluding tert-OH is 1. The molecule has 1 rings (SSSR count). The number of halogens is 4. The van der Waals surface area contributed by atoms with Gasteiger partial charge in [0.25, 0.3) is 0 Å². The zero-order valence-electron chi connectivity index (χ0n) is 11.3. The van der Waals surface area contributed by atoms with Crippen molar-refractivity contribution in [2.45, 2.75) is 39.0 Å². The number of alkyl halides is 3. The summed E-state index contributed by atoms with van der Waals surface area (Å²) >= 11 is 2.97. The van der Waals surface area contributed by atoms with Crippen LogP contribution < -0.4 is 5.32 Å². The quantitative estimate of drug-likeness (QED) is 0.809. The van der Waals surface area contributed by atoms with Gasteiger partial charge in [0.05, 0.1) is 11.7 Å². The maximum absolute atomic E-state index is 12.9. The predicted octanol–water partition coefficient (Wildman–Crippen LogP) is 4.07. The largest absolute Gasteiger partial charge is 0.419 e. The molecule has 1 heterocycles. The molecule has 0 aromatic carbocycles. The first-order valence-electron chi connectivity index (χ1n) is 6.44. The number of nitrogens with one attached hydrogen (secondary N) is 1. The molecular weight excluding hydrogens is 337 g/mol. The molecule has 0 saturated carbocycles. The lowest BCUT2D eigenvalue weighted by molar-refractivity contribution is -0.137. The van der Waals surface area contributed by atoms with Gasteiger partial charge < -0.3 is 10.4 Å². The van der Waals surface area contributed by atoms with Gasteiger partial charge in [0.2, 0.25) is 0 Å². The lowest BCUT2D eigenvalue weighted by Crippen LogP contribution is -2.28. The number of aliphatic hydroxyl groups is 1. The standard InChI is InChI=1S/C13H18BrF3N2O/c1-3-8(4-2)11(20)7-19-12-10(13(15,16)17)5-9(14)6-18-12/h5-6,8,11,20H,3-4,7H2,1-2H3,(H,18,19). The Labute approximate surface area is 124 Å². The van der Waals surface area contributed by atoms with Crippen LogP contribution in [0.2, 0.25) is 0 Å². The second-order valence-electron chi connectivity index (χ2n) is 4.57. The molecule has 20 heavy (non-hydrogen) atoms. The molecule has 3 nitrogen and oxygen atoms in total. The Morgan fingerprint density at radius 3 is 2.45 bits per heavy atom. The highest BCUT2D eigenvalue weighted by atomic mass is 79.9. The highest BCUT2D eigenvalue weighted by Crippen LogP contribution is 2.35. The van der Waals surface area contributed by atoms with Gasteiger partial charge in [-0.3, -0.25) is 0 Å². The maximum Gasteiger partial charge on any atom is 0.419 e. The smallest absolute Gasteiger partial charge is 0.391 e. The minimum atomic E-state index is -4.49. The van der Waals surface area contributed by atoms with Crippen LogP contribution in [0.3, 0.4) is 0 Å². The fraction of sp³-hybridized carbons (Fsp3) is 0.615. The fourth-order valence-electron chi connectivity index (χ4n) is 2.00. The highest BCUT2D eigenvalue weighted by Gasteiger charge is 2.34. The van der Waals surface area contributed by atoms with E-state index >= 15 is 0 Å². The van der Waals surface area contributed by atoms with E-state index in [1.54, 1.807) is 0 Å². The summed E-state index contributed by atoms with van der Waals surface area (Å²) in [5, 5.41) is 12.5. The summed E-state index contributed by atoms with van der Waals surface area (Å²) in [6, 6.07) is 0.971. The summed E-state index contributed by atoms with van der Waals surface area (Å²) in [4.78, 5) is 3.74. The van der Waals surface area contributed by atoms with Crippen molar-refractivity contribution in [1.82, 2.24) is 4.98 Å². The summed E-state index contributed by atoms with van der Waals surface area (Å²) in [6.45, 7) is 3.93. The van der Waals surface area contributed by atoms with Crippen molar-refractivity contribution < 1.29 is 18.3 Å². The molecule has 0 amide bonds. The molecular formula is C13H18BrF3N2O. The minimum absolute atomic E-state index is 0.0457. The fourth-order valence-corrected chi connectivity index (χ4v) is 2.33. The van der Waals surface area contributed by atoms with Crippen molar-refractivity contribution in [1.29, 1.82) is 0 Å². The molecule has 114 valence electrons.